The predicted molar refractivity (Wildman–Crippen MR) is 281 cm³/mol. The second kappa shape index (κ2) is 30.3. The van der Waals surface area contributed by atoms with Gasteiger partial charge in [-0.3, -0.25) is 33.6 Å². The van der Waals surface area contributed by atoms with Crippen molar-refractivity contribution in [1.29, 1.82) is 0 Å². The van der Waals surface area contributed by atoms with Crippen LogP contribution in [0.3, 0.4) is 0 Å². The molecule has 0 unspecified atom stereocenters. The van der Waals surface area contributed by atoms with E-state index in [1.807, 2.05) is 0 Å². The molecule has 0 aliphatic heterocycles. The molecule has 7 amide bonds. The average molecular weight is 1090 g/mol. The number of rotatable bonds is 29. The molecule has 7 N–H and O–H groups in total. The van der Waals surface area contributed by atoms with Gasteiger partial charge in [-0.25, -0.2) is 14.4 Å². The van der Waals surface area contributed by atoms with Crippen molar-refractivity contribution in [2.75, 3.05) is 28.3 Å². The van der Waals surface area contributed by atoms with Gasteiger partial charge in [-0.15, -0.1) is 0 Å². The van der Waals surface area contributed by atoms with Gasteiger partial charge in [0.2, 0.25) is 37.1 Å². The Hall–Kier alpha value is -6.46. The highest BCUT2D eigenvalue weighted by atomic mass is 31.2. The smallest absolute Gasteiger partial charge is 0.355 e. The fourth-order valence-corrected chi connectivity index (χ4v) is 8.08. The second-order valence-corrected chi connectivity index (χ2v) is 20.9. The van der Waals surface area contributed by atoms with E-state index in [0.717, 1.165) is 21.7 Å². The van der Waals surface area contributed by atoms with Gasteiger partial charge >= 0.3 is 17.9 Å². The molecule has 9 atom stereocenters. The van der Waals surface area contributed by atoms with Gasteiger partial charge in [0.15, 0.2) is 18.2 Å². The number of amides is 7. The zero-order valence-corrected chi connectivity index (χ0v) is 47.4. The molecule has 0 aromatic heterocycles. The van der Waals surface area contributed by atoms with Crippen molar-refractivity contribution < 1.29 is 81.6 Å². The quantitative estimate of drug-likeness (QED) is 0.0341. The number of nitrogens with zero attached hydrogens (tertiary/aromatic N) is 3. The van der Waals surface area contributed by atoms with Gasteiger partial charge in [0.05, 0.1) is 12.2 Å². The number of aliphatic carboxylic acids is 1. The minimum absolute atomic E-state index is 0.131. The largest absolute Gasteiger partial charge is 0.480 e. The van der Waals surface area contributed by atoms with E-state index in [1.165, 1.54) is 69.7 Å². The Balaban J connectivity index is 3.64. The third-order valence-electron chi connectivity index (χ3n) is 12.4. The zero-order chi connectivity index (χ0) is 58.8. The number of methoxy groups -OCH3 is 1. The van der Waals surface area contributed by atoms with Crippen molar-refractivity contribution in [2.24, 2.45) is 17.8 Å². The number of likely N-dealkylation sites (N-methyl/N-ethyl adjacent to an activating group) is 3. The summed E-state index contributed by atoms with van der Waals surface area (Å²) in [5, 5.41) is 20.0. The molecule has 0 aliphatic rings. The molecule has 1 rings (SSSR count). The topological polar surface area (TPSA) is 326 Å². The number of ether oxygens (including phenoxy) is 3. The minimum Gasteiger partial charge on any atom is -0.480 e. The molecule has 0 radical (unpaired) electrons. The molecular weight excluding hydrogens is 1010 g/mol. The van der Waals surface area contributed by atoms with Crippen molar-refractivity contribution in [3.8, 4) is 0 Å². The maximum absolute atomic E-state index is 14.6. The van der Waals surface area contributed by atoms with Crippen LogP contribution in [0.15, 0.2) is 53.9 Å². The van der Waals surface area contributed by atoms with Crippen LogP contribution in [0.4, 0.5) is 0 Å². The highest BCUT2D eigenvalue weighted by Crippen LogP contribution is 2.40. The molecule has 76 heavy (non-hydrogen) atoms. The van der Waals surface area contributed by atoms with Crippen molar-refractivity contribution in [2.45, 2.75) is 151 Å². The van der Waals surface area contributed by atoms with E-state index in [1.54, 1.807) is 65.0 Å². The lowest BCUT2D eigenvalue weighted by molar-refractivity contribution is -0.167. The first-order chi connectivity index (χ1) is 35.0. The number of hydrogen-bond acceptors (Lipinski definition) is 16. The first-order valence-corrected chi connectivity index (χ1v) is 26.3. The summed E-state index contributed by atoms with van der Waals surface area (Å²) in [5.74, 6) is -11.6. The Kier molecular flexibility index (Phi) is 27.0. The van der Waals surface area contributed by atoms with Gasteiger partial charge < -0.3 is 69.6 Å². The van der Waals surface area contributed by atoms with Crippen molar-refractivity contribution in [3.05, 3.63) is 59.4 Å². The van der Waals surface area contributed by atoms with Gasteiger partial charge in [0.25, 0.3) is 11.8 Å². The van der Waals surface area contributed by atoms with Gasteiger partial charge in [0, 0.05) is 48.0 Å². The highest BCUT2D eigenvalue weighted by molar-refractivity contribution is 7.57. The molecule has 1 aromatic rings. The molecule has 0 fully saturated rings. The van der Waals surface area contributed by atoms with Crippen LogP contribution in [0.5, 0.6) is 0 Å². The molecule has 1 aromatic carbocycles. The first kappa shape index (κ1) is 67.6. The zero-order valence-electron chi connectivity index (χ0n) is 46.5. The van der Waals surface area contributed by atoms with Crippen LogP contribution in [0, 0.1) is 17.8 Å². The second-order valence-electron chi connectivity index (χ2n) is 19.3. The maximum Gasteiger partial charge on any atom is 0.355 e. The van der Waals surface area contributed by atoms with Crippen molar-refractivity contribution in [1.82, 2.24) is 36.0 Å². The Morgan fingerprint density at radius 2 is 1.29 bits per heavy atom. The summed E-state index contributed by atoms with van der Waals surface area (Å²) in [7, 11) is 0.433. The molecule has 24 nitrogen and oxygen atoms in total. The van der Waals surface area contributed by atoms with E-state index in [9.17, 15) is 62.8 Å². The van der Waals surface area contributed by atoms with Crippen LogP contribution in [-0.2, 0) is 73.1 Å². The summed E-state index contributed by atoms with van der Waals surface area (Å²) in [5.41, 5.74) is 0.431. The Bertz CT molecular complexity index is 2350. The fourth-order valence-electron chi connectivity index (χ4n) is 7.32. The van der Waals surface area contributed by atoms with E-state index in [2.05, 4.69) is 34.1 Å². The number of nitrogens with one attached hydrogen (secondary N) is 4. The minimum atomic E-state index is -4.31. The van der Waals surface area contributed by atoms with Crippen LogP contribution in [-0.4, -0.2) is 178 Å². The third kappa shape index (κ3) is 19.9. The average Bonchev–Trinajstić information content (AvgIpc) is 3.34. The van der Waals surface area contributed by atoms with Crippen molar-refractivity contribution >= 4 is 73.1 Å². The van der Waals surface area contributed by atoms with Crippen LogP contribution in [0.25, 0.3) is 0 Å². The molecule has 0 saturated heterocycles. The van der Waals surface area contributed by atoms with Gasteiger partial charge in [0.1, 0.15) is 35.6 Å². The Morgan fingerprint density at radius 1 is 0.737 bits per heavy atom. The fraction of sp³-hybridized carbons (Fsp3) is 0.588. The number of benzene rings is 1. The summed E-state index contributed by atoms with van der Waals surface area (Å²) < 4.78 is 22.2. The number of carbonyl (C=O) groups excluding carboxylic acids is 9. The summed E-state index contributed by atoms with van der Waals surface area (Å²) >= 11 is 0. The molecule has 25 heteroatoms. The van der Waals surface area contributed by atoms with E-state index < -0.39 is 139 Å². The van der Waals surface area contributed by atoms with Crippen molar-refractivity contribution in [3.63, 3.8) is 0 Å². The summed E-state index contributed by atoms with van der Waals surface area (Å²) in [6, 6.07) is 0.355. The Morgan fingerprint density at radius 3 is 1.75 bits per heavy atom. The Labute approximate surface area is 445 Å². The maximum atomic E-state index is 14.6. The molecular formula is C51H80N7O17P. The monoisotopic (exact) mass is 1090 g/mol. The molecule has 0 bridgehead atoms. The number of allylic oxidation sites excluding steroid dienone is 1. The van der Waals surface area contributed by atoms with E-state index in [0.29, 0.717) is 11.1 Å². The standard InChI is InChI=1S/C51H80N7O17P/c1-19-37(60)54-40(43(28(6)7)75-76(18,70)71)51(69)74-42(27(4)5)39(48(65)58(16)41(49(66)67)33(12)72-17)55-45(62)32(11)56(14)46(63)30(9)52-44(61)31(10)57(15)47(64)36(25-35-23-21-20-22-24-35)73-50(68)38(53-34(13)59)29(8)26(2)3/h20-24,26-28,30,32-33,36,39-43,70-71H,10,18-19,25H2,1-9,11-17H3,(H,52,61)(H,53,59)(H,54,60)(H,55,62)(H,66,67)/b38-29-/t30-,32-,33+,36+,39-,40-,41-,42+,43+/m0/s1. The number of carbonyl (C=O) groups is 10. The van der Waals surface area contributed by atoms with Gasteiger partial charge in [-0.05, 0) is 62.9 Å². The lowest BCUT2D eigenvalue weighted by Gasteiger charge is -2.38. The molecule has 0 heterocycles. The molecule has 0 saturated carbocycles. The van der Waals surface area contributed by atoms with E-state index in [4.69, 9.17) is 18.7 Å². The van der Waals surface area contributed by atoms with Gasteiger partial charge in [-0.2, -0.15) is 0 Å². The third-order valence-corrected chi connectivity index (χ3v) is 13.0. The van der Waals surface area contributed by atoms with Gasteiger partial charge in [-0.1, -0.05) is 85.4 Å². The number of carboxylic acids is 1. The first-order valence-electron chi connectivity index (χ1n) is 24.5. The highest BCUT2D eigenvalue weighted by Gasteiger charge is 2.45. The number of carboxylic acid groups (broad SMARTS) is 1. The van der Waals surface area contributed by atoms with Crippen LogP contribution in [0.2, 0.25) is 0 Å². The predicted octanol–water partition coefficient (Wildman–Crippen LogP) is 1.65. The summed E-state index contributed by atoms with van der Waals surface area (Å²) in [4.78, 5) is 158. The molecule has 0 aliphatic carbocycles. The number of hydrogen-bond donors (Lipinski definition) is 7. The number of esters is 2. The summed E-state index contributed by atoms with van der Waals surface area (Å²) in [6.45, 7) is 21.7. The lowest BCUT2D eigenvalue weighted by Crippen LogP contribution is -2.63. The summed E-state index contributed by atoms with van der Waals surface area (Å²) in [6.07, 6.45) is -2.83. The molecule has 0 spiro atoms. The normalized spacial score (nSPS) is 15.4. The van der Waals surface area contributed by atoms with Crippen LogP contribution >= 0.6 is 7.57 Å². The van der Waals surface area contributed by atoms with E-state index >= 15 is 0 Å². The van der Waals surface area contributed by atoms with Crippen LogP contribution in [0.1, 0.15) is 95.1 Å². The lowest BCUT2D eigenvalue weighted by atomic mass is 9.95. The SMILES string of the molecule is C=C(C(=O)N[C@@H](C)C(=O)N(C)[C@@H](C)C(=O)N[C@H](C(=O)N(C)[C@H](C(=O)O)[C@@H](C)OC)[C@H](OC(=O)[C@@H](NC(=O)CC)[C@H](OP(=C)(O)O)C(C)C)C(C)C)N(C)C(=O)[C@@H](Cc1ccccc1)OC(=O)/C(NC(C)=O)=C(\C)C(C)C. The van der Waals surface area contributed by atoms with E-state index in [-0.39, 0.29) is 24.5 Å². The van der Waals surface area contributed by atoms with Crippen LogP contribution < -0.4 is 21.3 Å². The molecule has 426 valence electrons.